The van der Waals surface area contributed by atoms with Crippen molar-refractivity contribution in [2.24, 2.45) is 0 Å². The molecule has 23 heavy (non-hydrogen) atoms. The zero-order valence-electron chi connectivity index (χ0n) is 13.2. The monoisotopic (exact) mass is 335 g/mol. The van der Waals surface area contributed by atoms with E-state index in [0.717, 1.165) is 5.82 Å². The van der Waals surface area contributed by atoms with Gasteiger partial charge in [0, 0.05) is 10.6 Å². The molecular formula is C16H18ClN3O3. The third-order valence-corrected chi connectivity index (χ3v) is 3.57. The lowest BCUT2D eigenvalue weighted by atomic mass is 10.1. The zero-order valence-corrected chi connectivity index (χ0v) is 14.0. The lowest BCUT2D eigenvalue weighted by Gasteiger charge is -2.12. The topological polar surface area (TPSA) is 74.1 Å². The first-order valence-corrected chi connectivity index (χ1v) is 7.58. The molecule has 0 spiro atoms. The number of hydrogen-bond donors (Lipinski definition) is 0. The third kappa shape index (κ3) is 4.63. The first kappa shape index (κ1) is 17.1. The van der Waals surface area contributed by atoms with Crippen LogP contribution in [-0.2, 0) is 9.53 Å². The minimum absolute atomic E-state index is 0.123. The molecule has 0 saturated carbocycles. The molecule has 2 aromatic rings. The van der Waals surface area contributed by atoms with Gasteiger partial charge in [-0.05, 0) is 45.0 Å². The van der Waals surface area contributed by atoms with Crippen LogP contribution < -0.4 is 0 Å². The van der Waals surface area contributed by atoms with Crippen LogP contribution in [0.4, 0.5) is 0 Å². The Balaban J connectivity index is 1.86. The zero-order chi connectivity index (χ0) is 17.0. The van der Waals surface area contributed by atoms with Gasteiger partial charge in [-0.25, -0.2) is 9.67 Å². The van der Waals surface area contributed by atoms with Crippen molar-refractivity contribution in [2.45, 2.75) is 33.2 Å². The van der Waals surface area contributed by atoms with Gasteiger partial charge < -0.3 is 4.74 Å². The van der Waals surface area contributed by atoms with Crippen LogP contribution >= 0.6 is 11.6 Å². The van der Waals surface area contributed by atoms with E-state index in [1.807, 2.05) is 13.8 Å². The number of esters is 1. The van der Waals surface area contributed by atoms with Gasteiger partial charge in [0.15, 0.2) is 12.4 Å². The highest BCUT2D eigenvalue weighted by Gasteiger charge is 2.17. The van der Waals surface area contributed by atoms with Crippen LogP contribution in [0, 0.1) is 13.8 Å². The van der Waals surface area contributed by atoms with Crippen LogP contribution in [0.3, 0.4) is 0 Å². The molecule has 7 heteroatoms. The minimum Gasteiger partial charge on any atom is -0.457 e. The third-order valence-electron chi connectivity index (χ3n) is 3.32. The number of ether oxygens (including phenoxy) is 1. The summed E-state index contributed by atoms with van der Waals surface area (Å²) in [6, 6.07) is 6.25. The van der Waals surface area contributed by atoms with E-state index in [9.17, 15) is 9.59 Å². The second-order valence-corrected chi connectivity index (χ2v) is 5.73. The Morgan fingerprint density at radius 2 is 1.91 bits per heavy atom. The number of aromatic nitrogens is 3. The predicted octanol–water partition coefficient (Wildman–Crippen LogP) is 2.93. The maximum atomic E-state index is 11.9. The average molecular weight is 336 g/mol. The molecule has 1 aromatic carbocycles. The summed E-state index contributed by atoms with van der Waals surface area (Å²) in [6.45, 7) is 5.18. The predicted molar refractivity (Wildman–Crippen MR) is 85.6 cm³/mol. The van der Waals surface area contributed by atoms with Gasteiger partial charge >= 0.3 is 5.97 Å². The number of Topliss-reactive ketones (excluding diaryl/α,β-unsaturated/α-hetero) is 1. The van der Waals surface area contributed by atoms with E-state index in [2.05, 4.69) is 10.1 Å². The number of ketones is 1. The fourth-order valence-electron chi connectivity index (χ4n) is 2.21. The van der Waals surface area contributed by atoms with Gasteiger partial charge in [0.2, 0.25) is 0 Å². The largest absolute Gasteiger partial charge is 0.457 e. The molecule has 122 valence electrons. The number of halogens is 1. The number of aryl methyl sites for hydroxylation is 2. The fraction of sp³-hybridized carbons (Fsp3) is 0.375. The summed E-state index contributed by atoms with van der Waals surface area (Å²) in [4.78, 5) is 28.0. The highest BCUT2D eigenvalue weighted by molar-refractivity contribution is 6.30. The SMILES string of the molecule is Cc1nc(C)n([C@H](C)CC(=O)OCC(=O)c2ccc(Cl)cc2)n1. The minimum atomic E-state index is -0.452. The molecule has 1 atom stereocenters. The lowest BCUT2D eigenvalue weighted by molar-refractivity contribution is -0.143. The van der Waals surface area contributed by atoms with Crippen molar-refractivity contribution in [3.63, 3.8) is 0 Å². The van der Waals surface area contributed by atoms with Crippen molar-refractivity contribution in [1.29, 1.82) is 0 Å². The second kappa shape index (κ2) is 7.37. The van der Waals surface area contributed by atoms with Crippen LogP contribution in [0.5, 0.6) is 0 Å². The van der Waals surface area contributed by atoms with E-state index in [0.29, 0.717) is 16.4 Å². The molecule has 0 amide bonds. The molecule has 1 aromatic heterocycles. The first-order chi connectivity index (χ1) is 10.9. The normalized spacial score (nSPS) is 12.0. The van der Waals surface area contributed by atoms with Gasteiger partial charge in [0.1, 0.15) is 11.6 Å². The molecular weight excluding hydrogens is 318 g/mol. The van der Waals surface area contributed by atoms with Gasteiger partial charge in [-0.1, -0.05) is 11.6 Å². The molecule has 0 saturated heterocycles. The summed E-state index contributed by atoms with van der Waals surface area (Å²) >= 11 is 5.76. The van der Waals surface area contributed by atoms with Crippen LogP contribution in [-0.4, -0.2) is 33.1 Å². The average Bonchev–Trinajstić information content (AvgIpc) is 2.84. The second-order valence-electron chi connectivity index (χ2n) is 5.29. The summed E-state index contributed by atoms with van der Waals surface area (Å²) in [5.74, 6) is 0.670. The summed E-state index contributed by atoms with van der Waals surface area (Å²) in [5, 5.41) is 4.78. The number of hydrogen-bond acceptors (Lipinski definition) is 5. The molecule has 0 aliphatic rings. The van der Waals surface area contributed by atoms with Crippen molar-refractivity contribution < 1.29 is 14.3 Å². The van der Waals surface area contributed by atoms with Gasteiger partial charge in [0.05, 0.1) is 12.5 Å². The van der Waals surface area contributed by atoms with Crippen molar-refractivity contribution in [3.8, 4) is 0 Å². The Morgan fingerprint density at radius 1 is 1.26 bits per heavy atom. The molecule has 0 unspecified atom stereocenters. The van der Waals surface area contributed by atoms with E-state index in [4.69, 9.17) is 16.3 Å². The van der Waals surface area contributed by atoms with Gasteiger partial charge in [-0.3, -0.25) is 9.59 Å². The van der Waals surface area contributed by atoms with E-state index in [1.165, 1.54) is 0 Å². The van der Waals surface area contributed by atoms with Gasteiger partial charge in [0.25, 0.3) is 0 Å². The summed E-state index contributed by atoms with van der Waals surface area (Å²) < 4.78 is 6.72. The highest BCUT2D eigenvalue weighted by Crippen LogP contribution is 2.13. The quantitative estimate of drug-likeness (QED) is 0.599. The molecule has 0 N–H and O–H groups in total. The molecule has 1 heterocycles. The van der Waals surface area contributed by atoms with Gasteiger partial charge in [-0.2, -0.15) is 5.10 Å². The van der Waals surface area contributed by atoms with Crippen molar-refractivity contribution in [1.82, 2.24) is 14.8 Å². The number of rotatable bonds is 6. The maximum absolute atomic E-state index is 11.9. The Kier molecular flexibility index (Phi) is 5.50. The van der Waals surface area contributed by atoms with Crippen LogP contribution in [0.1, 0.15) is 41.4 Å². The Morgan fingerprint density at radius 3 is 2.48 bits per heavy atom. The van der Waals surface area contributed by atoms with Crippen LogP contribution in [0.2, 0.25) is 5.02 Å². The van der Waals surface area contributed by atoms with E-state index < -0.39 is 5.97 Å². The maximum Gasteiger partial charge on any atom is 0.308 e. The molecule has 0 radical (unpaired) electrons. The Labute approximate surface area is 139 Å². The smallest absolute Gasteiger partial charge is 0.308 e. The molecule has 0 aliphatic carbocycles. The fourth-order valence-corrected chi connectivity index (χ4v) is 2.33. The lowest BCUT2D eigenvalue weighted by Crippen LogP contribution is -2.18. The van der Waals surface area contributed by atoms with E-state index in [1.54, 1.807) is 35.9 Å². The number of carbonyl (C=O) groups is 2. The number of carbonyl (C=O) groups excluding carboxylic acids is 2. The summed E-state index contributed by atoms with van der Waals surface area (Å²) in [7, 11) is 0. The highest BCUT2D eigenvalue weighted by atomic mass is 35.5. The summed E-state index contributed by atoms with van der Waals surface area (Å²) in [6.07, 6.45) is 0.123. The molecule has 6 nitrogen and oxygen atoms in total. The van der Waals surface area contributed by atoms with Crippen molar-refractivity contribution >= 4 is 23.4 Å². The van der Waals surface area contributed by atoms with Crippen molar-refractivity contribution in [3.05, 3.63) is 46.5 Å². The Hall–Kier alpha value is -2.21. The molecule has 2 rings (SSSR count). The van der Waals surface area contributed by atoms with E-state index in [-0.39, 0.29) is 24.9 Å². The van der Waals surface area contributed by atoms with E-state index >= 15 is 0 Å². The number of nitrogens with zero attached hydrogens (tertiary/aromatic N) is 3. The number of benzene rings is 1. The summed E-state index contributed by atoms with van der Waals surface area (Å²) in [5.41, 5.74) is 0.456. The molecule has 0 bridgehead atoms. The molecule has 0 fully saturated rings. The Bertz CT molecular complexity index is 710. The molecule has 0 aliphatic heterocycles. The van der Waals surface area contributed by atoms with Crippen molar-refractivity contribution in [2.75, 3.05) is 6.61 Å². The van der Waals surface area contributed by atoms with Crippen LogP contribution in [0.25, 0.3) is 0 Å². The van der Waals surface area contributed by atoms with Gasteiger partial charge in [-0.15, -0.1) is 0 Å². The first-order valence-electron chi connectivity index (χ1n) is 7.21. The standard InChI is InChI=1S/C16H18ClN3O3/c1-10(20-12(3)18-11(2)19-20)8-16(22)23-9-15(21)13-4-6-14(17)7-5-13/h4-7,10H,8-9H2,1-3H3/t10-/m1/s1. The van der Waals surface area contributed by atoms with Crippen LogP contribution in [0.15, 0.2) is 24.3 Å².